The Kier molecular flexibility index (Phi) is 5.00. The van der Waals surface area contributed by atoms with Gasteiger partial charge in [-0.2, -0.15) is 5.10 Å². The summed E-state index contributed by atoms with van der Waals surface area (Å²) in [5, 5.41) is 10.3. The molecule has 5 nitrogen and oxygen atoms in total. The van der Waals surface area contributed by atoms with E-state index in [4.69, 9.17) is 11.6 Å². The van der Waals surface area contributed by atoms with E-state index in [1.165, 1.54) is 11.3 Å². The highest BCUT2D eigenvalue weighted by Gasteiger charge is 2.23. The van der Waals surface area contributed by atoms with Crippen molar-refractivity contribution < 1.29 is 4.79 Å². The second-order valence-corrected chi connectivity index (χ2v) is 7.13. The first-order valence-corrected chi connectivity index (χ1v) is 9.53. The van der Waals surface area contributed by atoms with Crippen molar-refractivity contribution in [2.75, 3.05) is 5.32 Å². The number of rotatable bonds is 5. The summed E-state index contributed by atoms with van der Waals surface area (Å²) < 4.78 is 1.64. The second-order valence-electron chi connectivity index (χ2n) is 5.83. The number of halogens is 1. The van der Waals surface area contributed by atoms with E-state index in [0.29, 0.717) is 10.2 Å². The highest BCUT2D eigenvalue weighted by atomic mass is 35.5. The van der Waals surface area contributed by atoms with Crippen LogP contribution in [0.4, 0.5) is 5.13 Å². The summed E-state index contributed by atoms with van der Waals surface area (Å²) in [6, 6.07) is 18.2. The topological polar surface area (TPSA) is 59.8 Å². The normalized spacial score (nSPS) is 11.9. The number of hydrogen-bond donors (Lipinski definition) is 1. The van der Waals surface area contributed by atoms with Gasteiger partial charge in [0.05, 0.1) is 5.69 Å². The molecule has 27 heavy (non-hydrogen) atoms. The molecule has 2 aromatic carbocycles. The zero-order valence-electron chi connectivity index (χ0n) is 14.1. The van der Waals surface area contributed by atoms with Gasteiger partial charge in [-0.3, -0.25) is 14.8 Å². The van der Waals surface area contributed by atoms with Gasteiger partial charge >= 0.3 is 0 Å². The Morgan fingerprint density at radius 2 is 1.85 bits per heavy atom. The van der Waals surface area contributed by atoms with Crippen LogP contribution in [0.2, 0.25) is 5.02 Å². The van der Waals surface area contributed by atoms with Gasteiger partial charge in [-0.25, -0.2) is 4.98 Å². The molecule has 4 rings (SSSR count). The number of nitrogens with one attached hydrogen (secondary N) is 1. The van der Waals surface area contributed by atoms with Gasteiger partial charge in [-0.1, -0.05) is 54.1 Å². The standard InChI is InChI=1S/C20H15ClN4OS/c21-16-9-7-14(8-10-16)17-13-27-20(23-17)24-19(26)18(25-12-4-11-22-25)15-5-2-1-3-6-15/h1-13,18H,(H,23,24,26). The molecule has 1 N–H and O–H groups in total. The van der Waals surface area contributed by atoms with Gasteiger partial charge in [0.15, 0.2) is 11.2 Å². The van der Waals surface area contributed by atoms with E-state index in [1.54, 1.807) is 23.1 Å². The van der Waals surface area contributed by atoms with E-state index >= 15 is 0 Å². The summed E-state index contributed by atoms with van der Waals surface area (Å²) in [4.78, 5) is 17.5. The van der Waals surface area contributed by atoms with Gasteiger partial charge in [-0.15, -0.1) is 11.3 Å². The number of carbonyl (C=O) groups excluding carboxylic acids is 1. The SMILES string of the molecule is O=C(Nc1nc(-c2ccc(Cl)cc2)cs1)C(c1ccccc1)n1cccn1. The van der Waals surface area contributed by atoms with Crippen molar-refractivity contribution in [1.82, 2.24) is 14.8 Å². The van der Waals surface area contributed by atoms with Gasteiger partial charge in [0.25, 0.3) is 5.91 Å². The number of carbonyl (C=O) groups is 1. The lowest BCUT2D eigenvalue weighted by molar-refractivity contribution is -0.118. The summed E-state index contributed by atoms with van der Waals surface area (Å²) >= 11 is 7.31. The lowest BCUT2D eigenvalue weighted by atomic mass is 10.1. The van der Waals surface area contributed by atoms with Gasteiger partial charge in [0.1, 0.15) is 0 Å². The summed E-state index contributed by atoms with van der Waals surface area (Å²) in [5.41, 5.74) is 2.60. The minimum absolute atomic E-state index is 0.193. The highest BCUT2D eigenvalue weighted by molar-refractivity contribution is 7.14. The van der Waals surface area contributed by atoms with Crippen LogP contribution in [0.15, 0.2) is 78.4 Å². The summed E-state index contributed by atoms with van der Waals surface area (Å²) in [7, 11) is 0. The average molecular weight is 395 g/mol. The Balaban J connectivity index is 1.58. The molecule has 0 radical (unpaired) electrons. The lowest BCUT2D eigenvalue weighted by Gasteiger charge is -2.16. The predicted octanol–water partition coefficient (Wildman–Crippen LogP) is 4.89. The molecular weight excluding hydrogens is 380 g/mol. The van der Waals surface area contributed by atoms with E-state index in [0.717, 1.165) is 16.8 Å². The molecule has 4 aromatic rings. The smallest absolute Gasteiger partial charge is 0.255 e. The van der Waals surface area contributed by atoms with Crippen LogP contribution in [0, 0.1) is 0 Å². The second kappa shape index (κ2) is 7.73. The largest absolute Gasteiger partial charge is 0.300 e. The van der Waals surface area contributed by atoms with Crippen LogP contribution >= 0.6 is 22.9 Å². The highest BCUT2D eigenvalue weighted by Crippen LogP contribution is 2.27. The number of amides is 1. The molecule has 0 spiro atoms. The molecule has 0 bridgehead atoms. The Morgan fingerprint density at radius 1 is 1.07 bits per heavy atom. The number of hydrogen-bond acceptors (Lipinski definition) is 4. The fourth-order valence-corrected chi connectivity index (χ4v) is 3.60. The van der Waals surface area contributed by atoms with Gasteiger partial charge in [0, 0.05) is 28.4 Å². The molecule has 0 aliphatic rings. The van der Waals surface area contributed by atoms with E-state index in [9.17, 15) is 4.79 Å². The molecule has 2 heterocycles. The van der Waals surface area contributed by atoms with Crippen LogP contribution in [0.1, 0.15) is 11.6 Å². The number of anilines is 1. The third-order valence-electron chi connectivity index (χ3n) is 4.03. The number of aromatic nitrogens is 3. The van der Waals surface area contributed by atoms with Gasteiger partial charge in [-0.05, 0) is 23.8 Å². The number of benzene rings is 2. The molecule has 0 saturated carbocycles. The molecule has 7 heteroatoms. The van der Waals surface area contributed by atoms with Crippen molar-refractivity contribution in [2.45, 2.75) is 6.04 Å². The van der Waals surface area contributed by atoms with Crippen LogP contribution in [-0.2, 0) is 4.79 Å². The average Bonchev–Trinajstić information content (AvgIpc) is 3.36. The van der Waals surface area contributed by atoms with E-state index in [2.05, 4.69) is 15.4 Å². The first-order chi connectivity index (χ1) is 13.2. The van der Waals surface area contributed by atoms with Crippen molar-refractivity contribution in [2.24, 2.45) is 0 Å². The third-order valence-corrected chi connectivity index (χ3v) is 5.04. The van der Waals surface area contributed by atoms with Crippen molar-refractivity contribution in [3.05, 3.63) is 89.0 Å². The Bertz CT molecular complexity index is 1030. The lowest BCUT2D eigenvalue weighted by Crippen LogP contribution is -2.27. The molecule has 134 valence electrons. The monoisotopic (exact) mass is 394 g/mol. The maximum Gasteiger partial charge on any atom is 0.255 e. The maximum absolute atomic E-state index is 13.0. The summed E-state index contributed by atoms with van der Waals surface area (Å²) in [6.07, 6.45) is 3.43. The van der Waals surface area contributed by atoms with Crippen LogP contribution in [0.5, 0.6) is 0 Å². The molecule has 0 aliphatic carbocycles. The first kappa shape index (κ1) is 17.5. The van der Waals surface area contributed by atoms with E-state index in [-0.39, 0.29) is 5.91 Å². The molecular formula is C20H15ClN4OS. The quantitative estimate of drug-likeness (QED) is 0.524. The van der Waals surface area contributed by atoms with Gasteiger partial charge in [0.2, 0.25) is 0 Å². The van der Waals surface area contributed by atoms with Crippen LogP contribution in [0.3, 0.4) is 0 Å². The number of thiazole rings is 1. The molecule has 1 unspecified atom stereocenters. The summed E-state index contributed by atoms with van der Waals surface area (Å²) in [5.74, 6) is -0.193. The maximum atomic E-state index is 13.0. The Labute approximate surface area is 165 Å². The minimum Gasteiger partial charge on any atom is -0.300 e. The molecule has 2 aromatic heterocycles. The number of nitrogens with zero attached hydrogens (tertiary/aromatic N) is 3. The van der Waals surface area contributed by atoms with Gasteiger partial charge < -0.3 is 0 Å². The van der Waals surface area contributed by atoms with Crippen molar-refractivity contribution in [3.8, 4) is 11.3 Å². The Hall–Kier alpha value is -2.96. The minimum atomic E-state index is -0.566. The molecule has 0 aliphatic heterocycles. The van der Waals surface area contributed by atoms with Crippen LogP contribution in [-0.4, -0.2) is 20.7 Å². The van der Waals surface area contributed by atoms with E-state index < -0.39 is 6.04 Å². The predicted molar refractivity (Wildman–Crippen MR) is 108 cm³/mol. The zero-order chi connectivity index (χ0) is 18.6. The molecule has 1 atom stereocenters. The Morgan fingerprint density at radius 3 is 2.56 bits per heavy atom. The molecule has 1 amide bonds. The first-order valence-electron chi connectivity index (χ1n) is 8.27. The fraction of sp³-hybridized carbons (Fsp3) is 0.0500. The van der Waals surface area contributed by atoms with Crippen molar-refractivity contribution in [3.63, 3.8) is 0 Å². The van der Waals surface area contributed by atoms with Crippen LogP contribution < -0.4 is 5.32 Å². The summed E-state index contributed by atoms with van der Waals surface area (Å²) in [6.45, 7) is 0. The molecule has 0 fully saturated rings. The third kappa shape index (κ3) is 3.92. The zero-order valence-corrected chi connectivity index (χ0v) is 15.7. The van der Waals surface area contributed by atoms with E-state index in [1.807, 2.05) is 60.0 Å². The molecule has 0 saturated heterocycles. The fourth-order valence-electron chi connectivity index (χ4n) is 2.75. The van der Waals surface area contributed by atoms with Crippen molar-refractivity contribution >= 4 is 34.0 Å². The van der Waals surface area contributed by atoms with Crippen molar-refractivity contribution in [1.29, 1.82) is 0 Å². The van der Waals surface area contributed by atoms with Crippen LogP contribution in [0.25, 0.3) is 11.3 Å².